The topological polar surface area (TPSA) is 29.5 Å². The number of ether oxygens (including phenoxy) is 1. The summed E-state index contributed by atoms with van der Waals surface area (Å²) in [5.74, 6) is 1.47. The summed E-state index contributed by atoms with van der Waals surface area (Å²) >= 11 is 0. The number of hydrogen-bond donors (Lipinski definition) is 0. The second-order valence-corrected chi connectivity index (χ2v) is 4.87. The van der Waals surface area contributed by atoms with E-state index in [4.69, 9.17) is 4.74 Å². The quantitative estimate of drug-likeness (QED) is 0.804. The van der Waals surface area contributed by atoms with Gasteiger partial charge in [-0.3, -0.25) is 4.79 Å². The number of anilines is 1. The SMILES string of the molecule is COc1cccc2c1C(=O)CCN2CC(C)C. The predicted octanol–water partition coefficient (Wildman–Crippen LogP) is 2.74. The summed E-state index contributed by atoms with van der Waals surface area (Å²) in [5.41, 5.74) is 1.77. The monoisotopic (exact) mass is 233 g/mol. The molecule has 0 radical (unpaired) electrons. The van der Waals surface area contributed by atoms with E-state index >= 15 is 0 Å². The number of hydrogen-bond acceptors (Lipinski definition) is 3. The zero-order chi connectivity index (χ0) is 12.4. The minimum absolute atomic E-state index is 0.192. The maximum absolute atomic E-state index is 12.0. The molecule has 3 heteroatoms. The van der Waals surface area contributed by atoms with Crippen molar-refractivity contribution in [1.29, 1.82) is 0 Å². The predicted molar refractivity (Wildman–Crippen MR) is 69.0 cm³/mol. The average molecular weight is 233 g/mol. The lowest BCUT2D eigenvalue weighted by molar-refractivity contribution is 0.0976. The number of Topliss-reactive ketones (excluding diaryl/α,β-unsaturated/α-hetero) is 1. The lowest BCUT2D eigenvalue weighted by Crippen LogP contribution is -2.35. The van der Waals surface area contributed by atoms with Crippen LogP contribution in [0, 0.1) is 5.92 Å². The molecule has 92 valence electrons. The van der Waals surface area contributed by atoms with E-state index in [1.807, 2.05) is 18.2 Å². The fourth-order valence-corrected chi connectivity index (χ4v) is 2.35. The van der Waals surface area contributed by atoms with E-state index in [9.17, 15) is 4.79 Å². The fourth-order valence-electron chi connectivity index (χ4n) is 2.35. The first-order chi connectivity index (χ1) is 8.13. The van der Waals surface area contributed by atoms with Crippen molar-refractivity contribution in [3.8, 4) is 5.75 Å². The van der Waals surface area contributed by atoms with Gasteiger partial charge in [0.25, 0.3) is 0 Å². The summed E-state index contributed by atoms with van der Waals surface area (Å²) in [4.78, 5) is 14.3. The van der Waals surface area contributed by atoms with Crippen molar-refractivity contribution in [1.82, 2.24) is 0 Å². The lowest BCUT2D eigenvalue weighted by Gasteiger charge is -2.32. The zero-order valence-corrected chi connectivity index (χ0v) is 10.7. The van der Waals surface area contributed by atoms with Crippen LogP contribution in [0.2, 0.25) is 0 Å². The molecule has 0 amide bonds. The van der Waals surface area contributed by atoms with Gasteiger partial charge in [0.15, 0.2) is 5.78 Å². The van der Waals surface area contributed by atoms with Crippen molar-refractivity contribution >= 4 is 11.5 Å². The van der Waals surface area contributed by atoms with Crippen LogP contribution in [0.15, 0.2) is 18.2 Å². The van der Waals surface area contributed by atoms with Crippen LogP contribution in [0.1, 0.15) is 30.6 Å². The van der Waals surface area contributed by atoms with Crippen LogP contribution in [0.25, 0.3) is 0 Å². The average Bonchev–Trinajstić information content (AvgIpc) is 2.31. The van der Waals surface area contributed by atoms with Crippen LogP contribution in [0.5, 0.6) is 5.75 Å². The van der Waals surface area contributed by atoms with Gasteiger partial charge in [0.2, 0.25) is 0 Å². The first-order valence-electron chi connectivity index (χ1n) is 6.08. The summed E-state index contributed by atoms with van der Waals surface area (Å²) in [5, 5.41) is 0. The summed E-state index contributed by atoms with van der Waals surface area (Å²) < 4.78 is 5.29. The Morgan fingerprint density at radius 2 is 2.18 bits per heavy atom. The Hall–Kier alpha value is -1.51. The Morgan fingerprint density at radius 1 is 1.41 bits per heavy atom. The molecule has 0 atom stereocenters. The molecule has 17 heavy (non-hydrogen) atoms. The molecule has 0 saturated heterocycles. The van der Waals surface area contributed by atoms with E-state index < -0.39 is 0 Å². The number of carbonyl (C=O) groups excluding carboxylic acids is 1. The molecular formula is C14H19NO2. The molecule has 0 aromatic heterocycles. The normalized spacial score (nSPS) is 15.1. The minimum atomic E-state index is 0.192. The van der Waals surface area contributed by atoms with Crippen LogP contribution in [0.3, 0.4) is 0 Å². The van der Waals surface area contributed by atoms with E-state index in [1.54, 1.807) is 7.11 Å². The van der Waals surface area contributed by atoms with Gasteiger partial charge in [-0.05, 0) is 18.1 Å². The molecule has 0 unspecified atom stereocenters. The molecule has 0 aliphatic carbocycles. The maximum Gasteiger partial charge on any atom is 0.170 e. The highest BCUT2D eigenvalue weighted by Crippen LogP contribution is 2.34. The Kier molecular flexibility index (Phi) is 3.36. The summed E-state index contributed by atoms with van der Waals surface area (Å²) in [7, 11) is 1.62. The molecule has 0 saturated carbocycles. The summed E-state index contributed by atoms with van der Waals surface area (Å²) in [6.07, 6.45) is 0.583. The van der Waals surface area contributed by atoms with Crippen LogP contribution < -0.4 is 9.64 Å². The van der Waals surface area contributed by atoms with Gasteiger partial charge < -0.3 is 9.64 Å². The minimum Gasteiger partial charge on any atom is -0.496 e. The Balaban J connectivity index is 2.42. The number of nitrogens with zero attached hydrogens (tertiary/aromatic N) is 1. The second kappa shape index (κ2) is 4.78. The van der Waals surface area contributed by atoms with Gasteiger partial charge in [0, 0.05) is 19.5 Å². The van der Waals surface area contributed by atoms with Gasteiger partial charge in [-0.25, -0.2) is 0 Å². The maximum atomic E-state index is 12.0. The molecule has 1 heterocycles. The number of rotatable bonds is 3. The molecule has 2 rings (SSSR count). The van der Waals surface area contributed by atoms with Gasteiger partial charge in [0.1, 0.15) is 5.75 Å². The molecule has 0 bridgehead atoms. The Morgan fingerprint density at radius 3 is 2.82 bits per heavy atom. The summed E-state index contributed by atoms with van der Waals surface area (Å²) in [6.45, 7) is 6.18. The summed E-state index contributed by atoms with van der Waals surface area (Å²) in [6, 6.07) is 5.82. The molecule has 1 aliphatic heterocycles. The third-order valence-electron chi connectivity index (χ3n) is 3.04. The van der Waals surface area contributed by atoms with E-state index in [1.165, 1.54) is 0 Å². The van der Waals surface area contributed by atoms with Crippen LogP contribution >= 0.6 is 0 Å². The van der Waals surface area contributed by atoms with Crippen molar-refractivity contribution in [2.75, 3.05) is 25.1 Å². The van der Waals surface area contributed by atoms with Crippen molar-refractivity contribution in [2.24, 2.45) is 5.92 Å². The van der Waals surface area contributed by atoms with E-state index in [0.717, 1.165) is 24.3 Å². The number of fused-ring (bicyclic) bond motifs is 1. The highest BCUT2D eigenvalue weighted by atomic mass is 16.5. The van der Waals surface area contributed by atoms with E-state index in [2.05, 4.69) is 18.7 Å². The molecular weight excluding hydrogens is 214 g/mol. The fraction of sp³-hybridized carbons (Fsp3) is 0.500. The molecule has 1 aromatic rings. The highest BCUT2D eigenvalue weighted by Gasteiger charge is 2.26. The van der Waals surface area contributed by atoms with Crippen molar-refractivity contribution in [3.05, 3.63) is 23.8 Å². The largest absolute Gasteiger partial charge is 0.496 e. The standard InChI is InChI=1S/C14H19NO2/c1-10(2)9-15-8-7-12(16)14-11(15)5-4-6-13(14)17-3/h4-6,10H,7-9H2,1-3H3. The van der Waals surface area contributed by atoms with Gasteiger partial charge in [-0.2, -0.15) is 0 Å². The van der Waals surface area contributed by atoms with Crippen molar-refractivity contribution in [3.63, 3.8) is 0 Å². The van der Waals surface area contributed by atoms with Crippen molar-refractivity contribution < 1.29 is 9.53 Å². The molecule has 0 spiro atoms. The molecule has 3 nitrogen and oxygen atoms in total. The van der Waals surface area contributed by atoms with Gasteiger partial charge in [-0.15, -0.1) is 0 Å². The molecule has 1 aromatic carbocycles. The number of carbonyl (C=O) groups is 1. The van der Waals surface area contributed by atoms with Crippen LogP contribution in [-0.2, 0) is 0 Å². The molecule has 0 fully saturated rings. The Labute approximate surface area is 102 Å². The van der Waals surface area contributed by atoms with Crippen molar-refractivity contribution in [2.45, 2.75) is 20.3 Å². The van der Waals surface area contributed by atoms with Gasteiger partial charge in [0.05, 0.1) is 18.4 Å². The molecule has 1 aliphatic rings. The van der Waals surface area contributed by atoms with Crippen LogP contribution in [-0.4, -0.2) is 26.0 Å². The first kappa shape index (κ1) is 12.0. The van der Waals surface area contributed by atoms with Crippen LogP contribution in [0.4, 0.5) is 5.69 Å². The highest BCUT2D eigenvalue weighted by molar-refractivity contribution is 6.05. The van der Waals surface area contributed by atoms with Gasteiger partial charge >= 0.3 is 0 Å². The van der Waals surface area contributed by atoms with Gasteiger partial charge in [-0.1, -0.05) is 19.9 Å². The van der Waals surface area contributed by atoms with E-state index in [-0.39, 0.29) is 5.78 Å². The Bertz CT molecular complexity index is 426. The lowest BCUT2D eigenvalue weighted by atomic mass is 9.98. The number of benzene rings is 1. The first-order valence-corrected chi connectivity index (χ1v) is 6.08. The second-order valence-electron chi connectivity index (χ2n) is 4.87. The number of ketones is 1. The van der Waals surface area contributed by atoms with E-state index in [0.29, 0.717) is 18.1 Å². The number of methoxy groups -OCH3 is 1. The third kappa shape index (κ3) is 2.28. The third-order valence-corrected chi connectivity index (χ3v) is 3.04. The molecule has 0 N–H and O–H groups in total. The zero-order valence-electron chi connectivity index (χ0n) is 10.7. The smallest absolute Gasteiger partial charge is 0.170 e.